The molecule has 0 spiro atoms. The van der Waals surface area contributed by atoms with Crippen molar-refractivity contribution >= 4 is 28.8 Å². The Kier molecular flexibility index (Phi) is 6.16. The monoisotopic (exact) mass is 351 g/mol. The highest BCUT2D eigenvalue weighted by atomic mass is 35.5. The number of nitrogens with zero attached hydrogens (tertiary/aromatic N) is 1. The number of benzene rings is 1. The molecule has 0 fully saturated rings. The Morgan fingerprint density at radius 2 is 1.91 bits per heavy atom. The van der Waals surface area contributed by atoms with Crippen LogP contribution in [0.2, 0.25) is 5.02 Å². The van der Waals surface area contributed by atoms with E-state index in [1.807, 2.05) is 29.6 Å². The lowest BCUT2D eigenvalue weighted by Gasteiger charge is -2.20. The van der Waals surface area contributed by atoms with Crippen molar-refractivity contribution in [3.63, 3.8) is 0 Å². The van der Waals surface area contributed by atoms with E-state index in [0.717, 1.165) is 24.2 Å². The number of nitrogens with one attached hydrogen (secondary N) is 2. The molecule has 124 valence electrons. The molecule has 0 saturated heterocycles. The van der Waals surface area contributed by atoms with Gasteiger partial charge < -0.3 is 10.6 Å². The third-order valence-corrected chi connectivity index (χ3v) is 4.23. The number of carbonyl (C=O) groups excluding carboxylic acids is 1. The van der Waals surface area contributed by atoms with Crippen molar-refractivity contribution in [1.29, 1.82) is 0 Å². The minimum absolute atomic E-state index is 0.104. The Labute approximate surface area is 146 Å². The molecular weight excluding hydrogens is 330 g/mol. The molecule has 2 rings (SSSR count). The number of amides is 1. The van der Waals surface area contributed by atoms with E-state index < -0.39 is 0 Å². The molecule has 0 aliphatic heterocycles. The largest absolute Gasteiger partial charge is 0.350 e. The molecule has 0 bridgehead atoms. The van der Waals surface area contributed by atoms with Gasteiger partial charge >= 0.3 is 0 Å². The van der Waals surface area contributed by atoms with E-state index in [0.29, 0.717) is 16.6 Å². The van der Waals surface area contributed by atoms with Crippen LogP contribution in [0.25, 0.3) is 11.3 Å². The second-order valence-electron chi connectivity index (χ2n) is 6.33. The van der Waals surface area contributed by atoms with E-state index in [1.165, 1.54) is 11.3 Å². The summed E-state index contributed by atoms with van der Waals surface area (Å²) in [5, 5.41) is 9.36. The first-order valence-corrected chi connectivity index (χ1v) is 8.85. The summed E-state index contributed by atoms with van der Waals surface area (Å²) < 4.78 is 0. The number of aromatic nitrogens is 1. The van der Waals surface area contributed by atoms with Crippen LogP contribution in [0.4, 0.5) is 0 Å². The quantitative estimate of drug-likeness (QED) is 0.774. The van der Waals surface area contributed by atoms with E-state index in [1.54, 1.807) is 0 Å². The maximum atomic E-state index is 12.1. The molecule has 0 atom stereocenters. The van der Waals surface area contributed by atoms with Gasteiger partial charge in [-0.1, -0.05) is 23.7 Å². The Balaban J connectivity index is 1.83. The molecule has 0 radical (unpaired) electrons. The molecule has 4 nitrogen and oxygen atoms in total. The van der Waals surface area contributed by atoms with Crippen molar-refractivity contribution in [2.45, 2.75) is 32.7 Å². The van der Waals surface area contributed by atoms with Crippen LogP contribution in [0.15, 0.2) is 29.6 Å². The smallest absolute Gasteiger partial charge is 0.280 e. The van der Waals surface area contributed by atoms with Gasteiger partial charge in [-0.15, -0.1) is 11.3 Å². The van der Waals surface area contributed by atoms with Gasteiger partial charge in [-0.25, -0.2) is 4.98 Å². The normalized spacial score (nSPS) is 11.5. The van der Waals surface area contributed by atoms with E-state index in [-0.39, 0.29) is 11.4 Å². The number of halogens is 1. The molecular formula is C17H22ClN3OS. The average Bonchev–Trinajstić information content (AvgIpc) is 2.96. The standard InChI is InChI=1S/C17H22ClN3OS/c1-17(2,3)20-10-4-9-19-15(22)16-21-14(11-23-16)12-5-7-13(18)8-6-12/h5-8,11,20H,4,9-10H2,1-3H3,(H,19,22). The molecule has 1 heterocycles. The molecule has 0 aliphatic carbocycles. The van der Waals surface area contributed by atoms with Gasteiger partial charge in [0.2, 0.25) is 0 Å². The molecule has 2 N–H and O–H groups in total. The van der Waals surface area contributed by atoms with Crippen LogP contribution in [0.5, 0.6) is 0 Å². The number of rotatable bonds is 6. The fraction of sp³-hybridized carbons (Fsp3) is 0.412. The summed E-state index contributed by atoms with van der Waals surface area (Å²) in [5.41, 5.74) is 1.86. The lowest BCUT2D eigenvalue weighted by Crippen LogP contribution is -2.37. The summed E-state index contributed by atoms with van der Waals surface area (Å²) in [5.74, 6) is -0.119. The Morgan fingerprint density at radius 3 is 2.57 bits per heavy atom. The van der Waals surface area contributed by atoms with Gasteiger partial charge in [-0.3, -0.25) is 4.79 Å². The molecule has 0 saturated carbocycles. The summed E-state index contributed by atoms with van der Waals surface area (Å²) in [6.07, 6.45) is 0.887. The first kappa shape index (κ1) is 17.9. The van der Waals surface area contributed by atoms with Gasteiger partial charge in [-0.05, 0) is 45.9 Å². The van der Waals surface area contributed by atoms with Gasteiger partial charge in [0.25, 0.3) is 5.91 Å². The number of hydrogen-bond donors (Lipinski definition) is 2. The molecule has 2 aromatic rings. The second-order valence-corrected chi connectivity index (χ2v) is 7.63. The van der Waals surface area contributed by atoms with Crippen molar-refractivity contribution in [1.82, 2.24) is 15.6 Å². The zero-order valence-corrected chi connectivity index (χ0v) is 15.2. The highest BCUT2D eigenvalue weighted by Gasteiger charge is 2.12. The summed E-state index contributed by atoms with van der Waals surface area (Å²) in [6.45, 7) is 7.88. The van der Waals surface area contributed by atoms with Gasteiger partial charge in [0.15, 0.2) is 5.01 Å². The molecule has 0 aliphatic rings. The fourth-order valence-corrected chi connectivity index (χ4v) is 2.83. The van der Waals surface area contributed by atoms with E-state index >= 15 is 0 Å². The summed E-state index contributed by atoms with van der Waals surface area (Å²) >= 11 is 7.23. The molecule has 23 heavy (non-hydrogen) atoms. The second kappa shape index (κ2) is 7.90. The average molecular weight is 352 g/mol. The summed E-state index contributed by atoms with van der Waals surface area (Å²) in [7, 11) is 0. The van der Waals surface area contributed by atoms with Crippen molar-refractivity contribution < 1.29 is 4.79 Å². The Bertz CT molecular complexity index is 647. The molecule has 6 heteroatoms. The van der Waals surface area contributed by atoms with Crippen LogP contribution in [0.3, 0.4) is 0 Å². The number of hydrogen-bond acceptors (Lipinski definition) is 4. The van der Waals surface area contributed by atoms with Crippen LogP contribution < -0.4 is 10.6 Å². The van der Waals surface area contributed by atoms with Gasteiger partial charge in [0.1, 0.15) is 0 Å². The van der Waals surface area contributed by atoms with Crippen molar-refractivity contribution in [2.24, 2.45) is 0 Å². The predicted molar refractivity (Wildman–Crippen MR) is 97.3 cm³/mol. The molecule has 1 aromatic carbocycles. The van der Waals surface area contributed by atoms with E-state index in [4.69, 9.17) is 11.6 Å². The topological polar surface area (TPSA) is 54.0 Å². The van der Waals surface area contributed by atoms with Crippen LogP contribution >= 0.6 is 22.9 Å². The summed E-state index contributed by atoms with van der Waals surface area (Å²) in [4.78, 5) is 16.5. The fourth-order valence-electron chi connectivity index (χ4n) is 1.96. The van der Waals surface area contributed by atoms with Gasteiger partial charge in [0, 0.05) is 28.0 Å². The van der Waals surface area contributed by atoms with E-state index in [2.05, 4.69) is 36.4 Å². The number of thiazole rings is 1. The highest BCUT2D eigenvalue weighted by Crippen LogP contribution is 2.23. The molecule has 0 unspecified atom stereocenters. The van der Waals surface area contributed by atoms with E-state index in [9.17, 15) is 4.79 Å². The zero-order valence-electron chi connectivity index (χ0n) is 13.6. The SMILES string of the molecule is CC(C)(C)NCCCNC(=O)c1nc(-c2ccc(Cl)cc2)cs1. The summed E-state index contributed by atoms with van der Waals surface area (Å²) in [6, 6.07) is 7.44. The Morgan fingerprint density at radius 1 is 1.22 bits per heavy atom. The van der Waals surface area contributed by atoms with Gasteiger partial charge in [0.05, 0.1) is 5.69 Å². The lowest BCUT2D eigenvalue weighted by molar-refractivity contribution is 0.0953. The van der Waals surface area contributed by atoms with Gasteiger partial charge in [-0.2, -0.15) is 0 Å². The van der Waals surface area contributed by atoms with Crippen molar-refractivity contribution in [3.8, 4) is 11.3 Å². The van der Waals surface area contributed by atoms with Crippen LogP contribution in [0.1, 0.15) is 37.0 Å². The lowest BCUT2D eigenvalue weighted by atomic mass is 10.1. The van der Waals surface area contributed by atoms with Crippen molar-refractivity contribution in [3.05, 3.63) is 39.7 Å². The number of carbonyl (C=O) groups is 1. The Hall–Kier alpha value is -1.43. The molecule has 1 aromatic heterocycles. The first-order chi connectivity index (χ1) is 10.8. The highest BCUT2D eigenvalue weighted by molar-refractivity contribution is 7.12. The molecule has 1 amide bonds. The zero-order chi connectivity index (χ0) is 16.9. The maximum absolute atomic E-state index is 12.1. The predicted octanol–water partition coefficient (Wildman–Crippen LogP) is 3.97. The van der Waals surface area contributed by atoms with Crippen LogP contribution in [-0.4, -0.2) is 29.5 Å². The minimum atomic E-state index is -0.119. The maximum Gasteiger partial charge on any atom is 0.280 e. The van der Waals surface area contributed by atoms with Crippen LogP contribution in [0, 0.1) is 0 Å². The van der Waals surface area contributed by atoms with Crippen molar-refractivity contribution in [2.75, 3.05) is 13.1 Å². The third kappa shape index (κ3) is 5.94. The van der Waals surface area contributed by atoms with Crippen LogP contribution in [-0.2, 0) is 0 Å². The minimum Gasteiger partial charge on any atom is -0.350 e. The third-order valence-electron chi connectivity index (χ3n) is 3.13. The first-order valence-electron chi connectivity index (χ1n) is 7.60.